The number of pyridine rings is 1. The molecule has 2 aromatic heterocycles. The SMILES string of the molecule is CNC(=O)OC[C@H]1CCCCN1C(=O)c1cc(C)nc2c1cnn2C. The van der Waals surface area contributed by atoms with E-state index < -0.39 is 6.09 Å². The molecule has 1 aliphatic rings. The topological polar surface area (TPSA) is 89.3 Å². The van der Waals surface area contributed by atoms with Crippen molar-refractivity contribution in [2.45, 2.75) is 32.2 Å². The van der Waals surface area contributed by atoms with Crippen LogP contribution in [-0.2, 0) is 11.8 Å². The summed E-state index contributed by atoms with van der Waals surface area (Å²) < 4.78 is 6.86. The van der Waals surface area contributed by atoms with Crippen LogP contribution in [0, 0.1) is 6.92 Å². The van der Waals surface area contributed by atoms with Gasteiger partial charge in [0.15, 0.2) is 5.65 Å². The average Bonchev–Trinajstić information content (AvgIpc) is 2.99. The van der Waals surface area contributed by atoms with E-state index in [0.717, 1.165) is 30.3 Å². The van der Waals surface area contributed by atoms with Crippen LogP contribution in [0.5, 0.6) is 0 Å². The molecule has 0 unspecified atom stereocenters. The molecule has 134 valence electrons. The number of rotatable bonds is 3. The van der Waals surface area contributed by atoms with Crippen molar-refractivity contribution < 1.29 is 14.3 Å². The lowest BCUT2D eigenvalue weighted by molar-refractivity contribution is 0.0453. The highest BCUT2D eigenvalue weighted by molar-refractivity contribution is 6.05. The molecule has 1 atom stereocenters. The number of amides is 2. The summed E-state index contributed by atoms with van der Waals surface area (Å²) in [5.74, 6) is -0.0614. The second-order valence-corrected chi connectivity index (χ2v) is 6.31. The van der Waals surface area contributed by atoms with Gasteiger partial charge in [-0.2, -0.15) is 5.10 Å². The zero-order valence-electron chi connectivity index (χ0n) is 14.8. The Labute approximate surface area is 146 Å². The number of aromatic nitrogens is 3. The smallest absolute Gasteiger partial charge is 0.406 e. The van der Waals surface area contributed by atoms with Crippen LogP contribution in [0.15, 0.2) is 12.3 Å². The van der Waals surface area contributed by atoms with Gasteiger partial charge in [-0.1, -0.05) is 0 Å². The molecular weight excluding hydrogens is 322 g/mol. The molecule has 2 amide bonds. The van der Waals surface area contributed by atoms with Crippen LogP contribution in [0.3, 0.4) is 0 Å². The van der Waals surface area contributed by atoms with Gasteiger partial charge in [-0.3, -0.25) is 9.48 Å². The van der Waals surface area contributed by atoms with E-state index >= 15 is 0 Å². The van der Waals surface area contributed by atoms with Crippen molar-refractivity contribution >= 4 is 23.0 Å². The molecule has 0 spiro atoms. The van der Waals surface area contributed by atoms with Gasteiger partial charge in [0.05, 0.1) is 23.2 Å². The summed E-state index contributed by atoms with van der Waals surface area (Å²) in [5, 5.41) is 7.40. The van der Waals surface area contributed by atoms with Gasteiger partial charge >= 0.3 is 6.09 Å². The van der Waals surface area contributed by atoms with Gasteiger partial charge in [-0.25, -0.2) is 9.78 Å². The predicted octanol–water partition coefficient (Wildman–Crippen LogP) is 1.63. The minimum Gasteiger partial charge on any atom is -0.447 e. The van der Waals surface area contributed by atoms with Crippen molar-refractivity contribution in [1.82, 2.24) is 25.0 Å². The van der Waals surface area contributed by atoms with Crippen molar-refractivity contribution in [3.05, 3.63) is 23.5 Å². The lowest BCUT2D eigenvalue weighted by Crippen LogP contribution is -2.46. The van der Waals surface area contributed by atoms with Crippen molar-refractivity contribution in [3.63, 3.8) is 0 Å². The number of piperidine rings is 1. The summed E-state index contributed by atoms with van der Waals surface area (Å²) >= 11 is 0. The number of nitrogens with one attached hydrogen (secondary N) is 1. The van der Waals surface area contributed by atoms with Crippen molar-refractivity contribution in [3.8, 4) is 0 Å². The normalized spacial score (nSPS) is 17.6. The Hall–Kier alpha value is -2.64. The molecule has 8 nitrogen and oxygen atoms in total. The predicted molar refractivity (Wildman–Crippen MR) is 92.3 cm³/mol. The van der Waals surface area contributed by atoms with Crippen LogP contribution in [0.25, 0.3) is 11.0 Å². The molecule has 3 rings (SSSR count). The Balaban J connectivity index is 1.89. The van der Waals surface area contributed by atoms with Crippen LogP contribution in [0.2, 0.25) is 0 Å². The van der Waals surface area contributed by atoms with E-state index in [1.54, 1.807) is 16.9 Å². The number of ether oxygens (including phenoxy) is 1. The van der Waals surface area contributed by atoms with E-state index in [2.05, 4.69) is 15.4 Å². The van der Waals surface area contributed by atoms with Crippen LogP contribution in [0.1, 0.15) is 35.3 Å². The molecule has 0 bridgehead atoms. The minimum absolute atomic E-state index is 0.0614. The van der Waals surface area contributed by atoms with Crippen LogP contribution < -0.4 is 5.32 Å². The Morgan fingerprint density at radius 2 is 2.20 bits per heavy atom. The maximum Gasteiger partial charge on any atom is 0.406 e. The van der Waals surface area contributed by atoms with Crippen LogP contribution in [-0.4, -0.2) is 57.9 Å². The van der Waals surface area contributed by atoms with Gasteiger partial charge < -0.3 is 15.0 Å². The Bertz CT molecular complexity index is 801. The summed E-state index contributed by atoms with van der Waals surface area (Å²) in [5.41, 5.74) is 2.07. The number of likely N-dealkylation sites (tertiary alicyclic amines) is 1. The third-order valence-electron chi connectivity index (χ3n) is 4.56. The fraction of sp³-hybridized carbons (Fsp3) is 0.529. The van der Waals surface area contributed by atoms with Gasteiger partial charge in [-0.05, 0) is 32.3 Å². The summed E-state index contributed by atoms with van der Waals surface area (Å²) in [6.07, 6.45) is 3.98. The molecular formula is C17H23N5O3. The molecule has 1 aliphatic heterocycles. The number of carbonyl (C=O) groups excluding carboxylic acids is 2. The quantitative estimate of drug-likeness (QED) is 0.913. The fourth-order valence-corrected chi connectivity index (χ4v) is 3.26. The molecule has 0 radical (unpaired) electrons. The number of carbonyl (C=O) groups is 2. The maximum atomic E-state index is 13.2. The van der Waals surface area contributed by atoms with E-state index in [9.17, 15) is 9.59 Å². The maximum absolute atomic E-state index is 13.2. The molecule has 8 heteroatoms. The number of hydrogen-bond acceptors (Lipinski definition) is 5. The molecule has 0 saturated carbocycles. The van der Waals surface area contributed by atoms with Gasteiger partial charge in [0.25, 0.3) is 5.91 Å². The first-order chi connectivity index (χ1) is 12.0. The third-order valence-corrected chi connectivity index (χ3v) is 4.56. The molecule has 1 fully saturated rings. The highest BCUT2D eigenvalue weighted by Crippen LogP contribution is 2.24. The van der Waals surface area contributed by atoms with Gasteiger partial charge in [0.2, 0.25) is 0 Å². The van der Waals surface area contributed by atoms with Crippen LogP contribution >= 0.6 is 0 Å². The van der Waals surface area contributed by atoms with Gasteiger partial charge in [0, 0.05) is 26.3 Å². The van der Waals surface area contributed by atoms with E-state index in [1.807, 2.05) is 18.9 Å². The van der Waals surface area contributed by atoms with E-state index in [-0.39, 0.29) is 18.6 Å². The fourth-order valence-electron chi connectivity index (χ4n) is 3.26. The Morgan fingerprint density at radius 1 is 1.40 bits per heavy atom. The van der Waals surface area contributed by atoms with Gasteiger partial charge in [-0.15, -0.1) is 0 Å². The van der Waals surface area contributed by atoms with Crippen LogP contribution in [0.4, 0.5) is 4.79 Å². The summed E-state index contributed by atoms with van der Waals surface area (Å²) in [6.45, 7) is 2.72. The number of fused-ring (bicyclic) bond motifs is 1. The standard InChI is InChI=1S/C17H23N5O3/c1-11-8-13(14-9-19-21(3)15(14)20-11)16(23)22-7-5-4-6-12(22)10-25-17(24)18-2/h8-9,12H,4-7,10H2,1-3H3,(H,18,24)/t12-/m1/s1. The highest BCUT2D eigenvalue weighted by atomic mass is 16.5. The zero-order valence-corrected chi connectivity index (χ0v) is 14.8. The van der Waals surface area contributed by atoms with Gasteiger partial charge in [0.1, 0.15) is 6.61 Å². The monoisotopic (exact) mass is 345 g/mol. The number of nitrogens with zero attached hydrogens (tertiary/aromatic N) is 4. The van der Waals surface area contributed by atoms with Crippen molar-refractivity contribution in [2.75, 3.05) is 20.2 Å². The first kappa shape index (κ1) is 17.2. The van der Waals surface area contributed by atoms with E-state index in [0.29, 0.717) is 17.8 Å². The summed E-state index contributed by atoms with van der Waals surface area (Å²) in [4.78, 5) is 30.9. The molecule has 25 heavy (non-hydrogen) atoms. The largest absolute Gasteiger partial charge is 0.447 e. The van der Waals surface area contributed by atoms with Crippen molar-refractivity contribution in [1.29, 1.82) is 0 Å². The minimum atomic E-state index is -0.479. The lowest BCUT2D eigenvalue weighted by atomic mass is 10.0. The lowest BCUT2D eigenvalue weighted by Gasteiger charge is -2.35. The Kier molecular flexibility index (Phi) is 4.87. The van der Waals surface area contributed by atoms with E-state index in [4.69, 9.17) is 4.74 Å². The first-order valence-electron chi connectivity index (χ1n) is 8.46. The molecule has 0 aromatic carbocycles. The average molecular weight is 345 g/mol. The second kappa shape index (κ2) is 7.08. The molecule has 0 aliphatic carbocycles. The highest BCUT2D eigenvalue weighted by Gasteiger charge is 2.30. The molecule has 1 N–H and O–H groups in total. The van der Waals surface area contributed by atoms with Crippen molar-refractivity contribution in [2.24, 2.45) is 7.05 Å². The van der Waals surface area contributed by atoms with E-state index in [1.165, 1.54) is 7.05 Å². The number of alkyl carbamates (subject to hydrolysis) is 1. The molecule has 1 saturated heterocycles. The summed E-state index contributed by atoms with van der Waals surface area (Å²) in [6, 6.07) is 1.69. The molecule has 3 heterocycles. The third kappa shape index (κ3) is 3.42. The zero-order chi connectivity index (χ0) is 18.0. The molecule has 2 aromatic rings. The second-order valence-electron chi connectivity index (χ2n) is 6.31. The first-order valence-corrected chi connectivity index (χ1v) is 8.46. The number of hydrogen-bond donors (Lipinski definition) is 1. The number of aryl methyl sites for hydroxylation is 2. The summed E-state index contributed by atoms with van der Waals surface area (Å²) in [7, 11) is 3.33. The Morgan fingerprint density at radius 3 is 2.96 bits per heavy atom.